The molecule has 0 aromatic carbocycles. The highest BCUT2D eigenvalue weighted by molar-refractivity contribution is 6.73. The van der Waals surface area contributed by atoms with Crippen molar-refractivity contribution in [1.82, 2.24) is 0 Å². The monoisotopic (exact) mass is 246 g/mol. The highest BCUT2D eigenvalue weighted by atomic mass is 28.4. The molecule has 0 atom stereocenters. The molecule has 0 rings (SSSR count). The first-order chi connectivity index (χ1) is 6.87. The highest BCUT2D eigenvalue weighted by Crippen LogP contribution is 2.03. The van der Waals surface area contributed by atoms with E-state index < -0.39 is 18.3 Å². The molecule has 0 N–H and O–H groups in total. The Morgan fingerprint density at radius 2 is 2.00 bits per heavy atom. The Labute approximate surface area is 96.0 Å². The summed E-state index contributed by atoms with van der Waals surface area (Å²) in [6, 6.07) is 0. The Hall–Kier alpha value is -0.396. The third-order valence-corrected chi connectivity index (χ3v) is 6.06. The second-order valence-electron chi connectivity index (χ2n) is 4.48. The maximum atomic E-state index is 11.4. The van der Waals surface area contributed by atoms with Gasteiger partial charge >= 0.3 is 16.0 Å². The van der Waals surface area contributed by atoms with Crippen LogP contribution in [0.3, 0.4) is 0 Å². The Morgan fingerprint density at radius 1 is 1.40 bits per heavy atom. The molecule has 15 heavy (non-hydrogen) atoms. The Morgan fingerprint density at radius 3 is 2.47 bits per heavy atom. The van der Waals surface area contributed by atoms with Crippen LogP contribution in [0.25, 0.3) is 0 Å². The second-order valence-corrected chi connectivity index (χ2v) is 10.4. The summed E-state index contributed by atoms with van der Waals surface area (Å²) in [5, 5.41) is 0. The number of allylic oxidation sites excluding steroid dienone is 1. The predicted octanol–water partition coefficient (Wildman–Crippen LogP) is 2.13. The fraction of sp³-hybridized carbons (Fsp3) is 0.700. The molecular formula is C10H22O3Si2. The lowest BCUT2D eigenvalue weighted by Gasteiger charge is -2.17. The third kappa shape index (κ3) is 8.59. The lowest BCUT2D eigenvalue weighted by molar-refractivity contribution is -0.130. The van der Waals surface area contributed by atoms with E-state index in [2.05, 4.69) is 26.6 Å². The molecule has 5 heteroatoms. The van der Waals surface area contributed by atoms with Crippen LogP contribution in [0.15, 0.2) is 11.6 Å². The van der Waals surface area contributed by atoms with E-state index in [1.807, 2.05) is 6.08 Å². The van der Waals surface area contributed by atoms with Gasteiger partial charge in [0.1, 0.15) is 0 Å². The van der Waals surface area contributed by atoms with Crippen molar-refractivity contribution >= 4 is 24.3 Å². The van der Waals surface area contributed by atoms with Gasteiger partial charge in [-0.25, -0.2) is 4.79 Å². The normalized spacial score (nSPS) is 13.5. The molecule has 0 saturated heterocycles. The maximum absolute atomic E-state index is 11.4. The van der Waals surface area contributed by atoms with Gasteiger partial charge in [0, 0.05) is 5.57 Å². The summed E-state index contributed by atoms with van der Waals surface area (Å²) in [5.74, 6) is -0.214. The lowest BCUT2D eigenvalue weighted by Crippen LogP contribution is -2.29. The fourth-order valence-corrected chi connectivity index (χ4v) is 2.80. The van der Waals surface area contributed by atoms with Crippen LogP contribution in [0.2, 0.25) is 19.6 Å². The van der Waals surface area contributed by atoms with Crippen LogP contribution in [0, 0.1) is 0 Å². The molecule has 0 spiro atoms. The van der Waals surface area contributed by atoms with Crippen molar-refractivity contribution in [2.45, 2.75) is 46.3 Å². The van der Waals surface area contributed by atoms with Crippen LogP contribution in [0.4, 0.5) is 0 Å². The van der Waals surface area contributed by atoms with E-state index in [-0.39, 0.29) is 5.97 Å². The standard InChI is InChI=1S/C10H22O3Si2/c1-6-7-8-9(2)10(11)12-14-13-15(3,4)5/h8H,6-7,14H2,1-5H3. The molecule has 0 heterocycles. The van der Waals surface area contributed by atoms with Gasteiger partial charge in [0.05, 0.1) is 0 Å². The largest absolute Gasteiger partial charge is 0.497 e. The SMILES string of the molecule is CCCC=C(C)C(=O)O[SiH2]O[Si](C)(C)C. The smallest absolute Gasteiger partial charge is 0.359 e. The van der Waals surface area contributed by atoms with E-state index in [1.165, 1.54) is 0 Å². The zero-order valence-corrected chi connectivity index (χ0v) is 12.8. The first kappa shape index (κ1) is 14.6. The van der Waals surface area contributed by atoms with Gasteiger partial charge in [0.25, 0.3) is 0 Å². The van der Waals surface area contributed by atoms with Crippen LogP contribution in [0.1, 0.15) is 26.7 Å². The summed E-state index contributed by atoms with van der Waals surface area (Å²) < 4.78 is 10.7. The molecule has 0 aromatic heterocycles. The number of carbonyl (C=O) groups excluding carboxylic acids is 1. The van der Waals surface area contributed by atoms with Crippen molar-refractivity contribution < 1.29 is 13.3 Å². The number of rotatable bonds is 6. The van der Waals surface area contributed by atoms with Crippen molar-refractivity contribution in [3.05, 3.63) is 11.6 Å². The molecule has 88 valence electrons. The molecule has 0 aromatic rings. The first-order valence-electron chi connectivity index (χ1n) is 5.34. The van der Waals surface area contributed by atoms with Crippen molar-refractivity contribution in [3.8, 4) is 0 Å². The molecule has 0 radical (unpaired) electrons. The quantitative estimate of drug-likeness (QED) is 0.532. The summed E-state index contributed by atoms with van der Waals surface area (Å²) in [6.45, 7) is 10.1. The summed E-state index contributed by atoms with van der Waals surface area (Å²) in [7, 11) is -2.65. The zero-order valence-electron chi connectivity index (χ0n) is 10.4. The van der Waals surface area contributed by atoms with Crippen LogP contribution in [-0.2, 0) is 13.3 Å². The molecule has 0 aliphatic carbocycles. The van der Waals surface area contributed by atoms with Gasteiger partial charge in [-0.1, -0.05) is 19.4 Å². The topological polar surface area (TPSA) is 35.5 Å². The summed E-state index contributed by atoms with van der Waals surface area (Å²) in [5.41, 5.74) is 0.698. The summed E-state index contributed by atoms with van der Waals surface area (Å²) >= 11 is 0. The van der Waals surface area contributed by atoms with Gasteiger partial charge in [-0.3, -0.25) is 0 Å². The third-order valence-electron chi connectivity index (χ3n) is 1.74. The molecule has 0 aliphatic heterocycles. The number of carbonyl (C=O) groups is 1. The van der Waals surface area contributed by atoms with Gasteiger partial charge < -0.3 is 8.54 Å². The molecule has 0 fully saturated rings. The fourth-order valence-electron chi connectivity index (χ4n) is 0.818. The Balaban J connectivity index is 3.84. The van der Waals surface area contributed by atoms with E-state index in [9.17, 15) is 4.79 Å². The summed E-state index contributed by atoms with van der Waals surface area (Å²) in [6.07, 6.45) is 3.90. The van der Waals surface area contributed by atoms with E-state index in [0.29, 0.717) is 5.57 Å². The van der Waals surface area contributed by atoms with Crippen molar-refractivity contribution in [3.63, 3.8) is 0 Å². The van der Waals surface area contributed by atoms with Gasteiger partial charge in [-0.05, 0) is 33.0 Å². The average Bonchev–Trinajstić information content (AvgIpc) is 2.11. The van der Waals surface area contributed by atoms with Gasteiger partial charge in [0.2, 0.25) is 0 Å². The van der Waals surface area contributed by atoms with Crippen LogP contribution >= 0.6 is 0 Å². The summed E-state index contributed by atoms with van der Waals surface area (Å²) in [4.78, 5) is 11.4. The molecule has 0 bridgehead atoms. The second kappa shape index (κ2) is 6.97. The van der Waals surface area contributed by atoms with Gasteiger partial charge in [0.15, 0.2) is 8.32 Å². The molecule has 3 nitrogen and oxygen atoms in total. The van der Waals surface area contributed by atoms with E-state index in [1.54, 1.807) is 6.92 Å². The lowest BCUT2D eigenvalue weighted by atomic mass is 10.2. The predicted molar refractivity (Wildman–Crippen MR) is 67.7 cm³/mol. The number of hydrogen-bond donors (Lipinski definition) is 0. The van der Waals surface area contributed by atoms with Crippen molar-refractivity contribution in [1.29, 1.82) is 0 Å². The molecule has 0 saturated carbocycles. The minimum Gasteiger partial charge on any atom is -0.497 e. The van der Waals surface area contributed by atoms with E-state index >= 15 is 0 Å². The van der Waals surface area contributed by atoms with E-state index in [0.717, 1.165) is 12.8 Å². The van der Waals surface area contributed by atoms with E-state index in [4.69, 9.17) is 8.54 Å². The van der Waals surface area contributed by atoms with Crippen molar-refractivity contribution in [2.24, 2.45) is 0 Å². The highest BCUT2D eigenvalue weighted by Gasteiger charge is 2.15. The van der Waals surface area contributed by atoms with Gasteiger partial charge in [-0.15, -0.1) is 0 Å². The zero-order chi connectivity index (χ0) is 11.9. The Kier molecular flexibility index (Phi) is 6.79. The first-order valence-corrected chi connectivity index (χ1v) is 9.91. The number of unbranched alkanes of at least 4 members (excludes halogenated alkanes) is 1. The molecular weight excluding hydrogens is 224 g/mol. The number of hydrogen-bond acceptors (Lipinski definition) is 3. The van der Waals surface area contributed by atoms with Crippen LogP contribution < -0.4 is 0 Å². The maximum Gasteiger partial charge on any atom is 0.359 e. The molecule has 0 aliphatic rings. The molecule has 0 unspecified atom stereocenters. The Bertz CT molecular complexity index is 231. The minimum absolute atomic E-state index is 0.214. The molecule has 0 amide bonds. The van der Waals surface area contributed by atoms with Gasteiger partial charge in [-0.2, -0.15) is 0 Å². The average molecular weight is 246 g/mol. The van der Waals surface area contributed by atoms with Crippen LogP contribution in [-0.4, -0.2) is 24.3 Å². The van der Waals surface area contributed by atoms with Crippen molar-refractivity contribution in [2.75, 3.05) is 0 Å². The van der Waals surface area contributed by atoms with Crippen LogP contribution in [0.5, 0.6) is 0 Å². The minimum atomic E-state index is -1.52.